The van der Waals surface area contributed by atoms with Crippen LogP contribution < -0.4 is 4.74 Å². The van der Waals surface area contributed by atoms with Crippen molar-refractivity contribution in [3.8, 4) is 5.75 Å². The number of fused-ring (bicyclic) bond motifs is 3. The van der Waals surface area contributed by atoms with E-state index in [1.807, 2.05) is 19.1 Å². The van der Waals surface area contributed by atoms with Crippen molar-refractivity contribution in [2.24, 2.45) is 0 Å². The smallest absolute Gasteiger partial charge is 0.135 e. The maximum absolute atomic E-state index is 14.8. The number of nitrogens with zero attached hydrogens (tertiary/aromatic N) is 1. The lowest BCUT2D eigenvalue weighted by Crippen LogP contribution is -2.36. The minimum atomic E-state index is -0.576. The molecule has 0 saturated heterocycles. The van der Waals surface area contributed by atoms with E-state index in [9.17, 15) is 8.78 Å². The van der Waals surface area contributed by atoms with Gasteiger partial charge < -0.3 is 9.72 Å². The Hall–Kier alpha value is -2.40. The highest BCUT2D eigenvalue weighted by atomic mass is 19.1. The molecule has 4 rings (SSSR count). The van der Waals surface area contributed by atoms with Crippen LogP contribution in [0.1, 0.15) is 35.3 Å². The molecule has 2 heterocycles. The van der Waals surface area contributed by atoms with E-state index in [0.717, 1.165) is 35.1 Å². The number of likely N-dealkylation sites (N-methyl/N-ethyl adjacent to an activating group) is 1. The molecule has 3 nitrogen and oxygen atoms in total. The van der Waals surface area contributed by atoms with Gasteiger partial charge in [-0.25, -0.2) is 8.78 Å². The zero-order valence-corrected chi connectivity index (χ0v) is 15.2. The number of rotatable bonds is 3. The molecule has 2 aromatic carbocycles. The van der Waals surface area contributed by atoms with Crippen molar-refractivity contribution in [2.45, 2.75) is 26.3 Å². The number of halogens is 2. The fraction of sp³-hybridized carbons (Fsp3) is 0.333. The minimum Gasteiger partial charge on any atom is -0.497 e. The zero-order valence-electron chi connectivity index (χ0n) is 15.2. The summed E-state index contributed by atoms with van der Waals surface area (Å²) in [5, 5.41) is 1.15. The first kappa shape index (κ1) is 17.0. The lowest BCUT2D eigenvalue weighted by Gasteiger charge is -2.35. The molecule has 0 fully saturated rings. The third-order valence-corrected chi connectivity index (χ3v) is 5.35. The van der Waals surface area contributed by atoms with Gasteiger partial charge in [0, 0.05) is 40.8 Å². The van der Waals surface area contributed by atoms with Crippen LogP contribution in [0.5, 0.6) is 5.75 Å². The molecule has 3 aromatic rings. The second kappa shape index (κ2) is 6.40. The Labute approximate surface area is 151 Å². The first-order chi connectivity index (χ1) is 12.5. The van der Waals surface area contributed by atoms with Crippen molar-refractivity contribution in [3.63, 3.8) is 0 Å². The summed E-state index contributed by atoms with van der Waals surface area (Å²) in [6, 6.07) is 8.27. The summed E-state index contributed by atoms with van der Waals surface area (Å²) < 4.78 is 34.7. The Balaban J connectivity index is 1.95. The summed E-state index contributed by atoms with van der Waals surface area (Å²) in [4.78, 5) is 5.54. The van der Waals surface area contributed by atoms with Gasteiger partial charge in [0.15, 0.2) is 0 Å². The molecule has 0 aliphatic carbocycles. The van der Waals surface area contributed by atoms with E-state index in [0.29, 0.717) is 6.54 Å². The minimum absolute atomic E-state index is 0.0804. The summed E-state index contributed by atoms with van der Waals surface area (Å²) in [5.74, 6) is -0.962. The maximum atomic E-state index is 14.8. The molecule has 1 atom stereocenters. The third kappa shape index (κ3) is 2.58. The lowest BCUT2D eigenvalue weighted by atomic mass is 9.91. The normalized spacial score (nSPS) is 17.5. The molecule has 0 saturated carbocycles. The summed E-state index contributed by atoms with van der Waals surface area (Å²) in [6.45, 7) is 5.55. The Kier molecular flexibility index (Phi) is 4.19. The van der Waals surface area contributed by atoms with E-state index in [-0.39, 0.29) is 11.3 Å². The van der Waals surface area contributed by atoms with Crippen LogP contribution >= 0.6 is 0 Å². The van der Waals surface area contributed by atoms with Gasteiger partial charge in [-0.3, -0.25) is 4.90 Å². The number of hydrogen-bond acceptors (Lipinski definition) is 2. The van der Waals surface area contributed by atoms with Crippen LogP contribution in [0.4, 0.5) is 8.78 Å². The van der Waals surface area contributed by atoms with Crippen LogP contribution in [0.2, 0.25) is 0 Å². The number of aromatic amines is 1. The average Bonchev–Trinajstić information content (AvgIpc) is 2.99. The van der Waals surface area contributed by atoms with E-state index in [1.165, 1.54) is 24.8 Å². The molecule has 0 spiro atoms. The summed E-state index contributed by atoms with van der Waals surface area (Å²) >= 11 is 0. The monoisotopic (exact) mass is 356 g/mol. The first-order valence-electron chi connectivity index (χ1n) is 8.91. The largest absolute Gasteiger partial charge is 0.497 e. The highest BCUT2D eigenvalue weighted by Gasteiger charge is 2.34. The number of H-pyrrole nitrogens is 1. The van der Waals surface area contributed by atoms with E-state index in [4.69, 9.17) is 4.74 Å². The molecular weight excluding hydrogens is 334 g/mol. The SMILES string of the molecule is CCN1CCc2c([nH]c3ccc(C)cc23)[C@@H]1c1c(F)cc(OC)cc1F. The van der Waals surface area contributed by atoms with Gasteiger partial charge in [-0.2, -0.15) is 0 Å². The van der Waals surface area contributed by atoms with Gasteiger partial charge in [-0.05, 0) is 37.6 Å². The van der Waals surface area contributed by atoms with Crippen LogP contribution in [0.25, 0.3) is 10.9 Å². The van der Waals surface area contributed by atoms with Gasteiger partial charge in [0.05, 0.1) is 13.2 Å². The molecule has 1 aromatic heterocycles. The Morgan fingerprint density at radius 1 is 1.19 bits per heavy atom. The number of aromatic nitrogens is 1. The molecular formula is C21H22F2N2O. The highest BCUT2D eigenvalue weighted by Crippen LogP contribution is 2.40. The van der Waals surface area contributed by atoms with Crippen molar-refractivity contribution in [2.75, 3.05) is 20.2 Å². The predicted molar refractivity (Wildman–Crippen MR) is 98.7 cm³/mol. The molecule has 136 valence electrons. The second-order valence-electron chi connectivity index (χ2n) is 6.85. The van der Waals surface area contributed by atoms with Crippen molar-refractivity contribution in [3.05, 3.63) is 64.4 Å². The molecule has 0 bridgehead atoms. The zero-order chi connectivity index (χ0) is 18.4. The van der Waals surface area contributed by atoms with Crippen LogP contribution in [-0.2, 0) is 6.42 Å². The predicted octanol–water partition coefficient (Wildman–Crippen LogP) is 4.73. The van der Waals surface area contributed by atoms with Crippen molar-refractivity contribution < 1.29 is 13.5 Å². The number of aryl methyl sites for hydroxylation is 1. The van der Waals surface area contributed by atoms with Gasteiger partial charge in [0.2, 0.25) is 0 Å². The van der Waals surface area contributed by atoms with Gasteiger partial charge in [0.25, 0.3) is 0 Å². The molecule has 0 amide bonds. The molecule has 1 aliphatic heterocycles. The topological polar surface area (TPSA) is 28.3 Å². The standard InChI is InChI=1S/C21H22F2N2O/c1-4-25-8-7-14-15-9-12(2)5-6-18(15)24-20(14)21(25)19-16(22)10-13(26-3)11-17(19)23/h5-6,9-11,21,24H,4,7-8H2,1-3H3/t21-/m0/s1. The number of ether oxygens (including phenoxy) is 1. The van der Waals surface area contributed by atoms with Gasteiger partial charge >= 0.3 is 0 Å². The number of nitrogens with one attached hydrogen (secondary N) is 1. The van der Waals surface area contributed by atoms with Crippen molar-refractivity contribution >= 4 is 10.9 Å². The van der Waals surface area contributed by atoms with Gasteiger partial charge in [-0.15, -0.1) is 0 Å². The molecule has 5 heteroatoms. The molecule has 1 N–H and O–H groups in total. The maximum Gasteiger partial charge on any atom is 0.135 e. The third-order valence-electron chi connectivity index (χ3n) is 5.35. The van der Waals surface area contributed by atoms with Crippen molar-refractivity contribution in [1.29, 1.82) is 0 Å². The Bertz CT molecular complexity index is 957. The van der Waals surface area contributed by atoms with Crippen molar-refractivity contribution in [1.82, 2.24) is 9.88 Å². The first-order valence-corrected chi connectivity index (χ1v) is 8.91. The number of methoxy groups -OCH3 is 1. The van der Waals surface area contributed by atoms with E-state index in [2.05, 4.69) is 22.9 Å². The van der Waals surface area contributed by atoms with E-state index in [1.54, 1.807) is 0 Å². The van der Waals surface area contributed by atoms with Crippen LogP contribution in [-0.4, -0.2) is 30.1 Å². The van der Waals surface area contributed by atoms with Gasteiger partial charge in [0.1, 0.15) is 17.4 Å². The number of hydrogen-bond donors (Lipinski definition) is 1. The molecule has 0 unspecified atom stereocenters. The summed E-state index contributed by atoms with van der Waals surface area (Å²) in [6.07, 6.45) is 0.864. The Morgan fingerprint density at radius 2 is 1.92 bits per heavy atom. The molecule has 0 radical (unpaired) electrons. The fourth-order valence-corrected chi connectivity index (χ4v) is 4.06. The highest BCUT2D eigenvalue weighted by molar-refractivity contribution is 5.86. The molecule has 26 heavy (non-hydrogen) atoms. The fourth-order valence-electron chi connectivity index (χ4n) is 4.06. The van der Waals surface area contributed by atoms with E-state index >= 15 is 0 Å². The summed E-state index contributed by atoms with van der Waals surface area (Å²) in [7, 11) is 1.41. The molecule has 1 aliphatic rings. The van der Waals surface area contributed by atoms with Crippen LogP contribution in [0, 0.1) is 18.6 Å². The quantitative estimate of drug-likeness (QED) is 0.735. The second-order valence-corrected chi connectivity index (χ2v) is 6.85. The Morgan fingerprint density at radius 3 is 2.58 bits per heavy atom. The summed E-state index contributed by atoms with van der Waals surface area (Å²) in [5.41, 5.74) is 4.32. The van der Waals surface area contributed by atoms with Gasteiger partial charge in [-0.1, -0.05) is 18.6 Å². The van der Waals surface area contributed by atoms with Crippen LogP contribution in [0.3, 0.4) is 0 Å². The number of benzene rings is 2. The lowest BCUT2D eigenvalue weighted by molar-refractivity contribution is 0.213. The average molecular weight is 356 g/mol. The van der Waals surface area contributed by atoms with Crippen LogP contribution in [0.15, 0.2) is 30.3 Å². The van der Waals surface area contributed by atoms with E-state index < -0.39 is 17.7 Å².